The van der Waals surface area contributed by atoms with Gasteiger partial charge in [-0.05, 0) is 43.9 Å². The first kappa shape index (κ1) is 27.5. The first-order valence-electron chi connectivity index (χ1n) is 13.8. The number of hydrogen-bond donors (Lipinski definition) is 1. The molecule has 8 heteroatoms. The normalized spacial score (nSPS) is 21.4. The monoisotopic (exact) mass is 535 g/mol. The number of benzene rings is 2. The van der Waals surface area contributed by atoms with E-state index in [1.54, 1.807) is 21.3 Å². The predicted molar refractivity (Wildman–Crippen MR) is 150 cm³/mol. The van der Waals surface area contributed by atoms with Crippen LogP contribution in [0.2, 0.25) is 0 Å². The molecule has 210 valence electrons. The Morgan fingerprint density at radius 2 is 1.72 bits per heavy atom. The van der Waals surface area contributed by atoms with Crippen molar-refractivity contribution in [1.29, 1.82) is 0 Å². The molecule has 0 radical (unpaired) electrons. The molecule has 1 spiro atoms. The van der Waals surface area contributed by atoms with Crippen LogP contribution in [0.25, 0.3) is 0 Å². The number of carbonyl (C=O) groups is 1. The number of aliphatic hydroxyl groups excluding tert-OH is 1. The van der Waals surface area contributed by atoms with Gasteiger partial charge in [0.2, 0.25) is 0 Å². The number of nitrogens with zero attached hydrogens (tertiary/aromatic N) is 3. The Bertz CT molecular complexity index is 1250. The molecule has 8 nitrogen and oxygen atoms in total. The number of piperidine rings is 1. The lowest BCUT2D eigenvalue weighted by Gasteiger charge is -2.45. The van der Waals surface area contributed by atoms with E-state index in [0.29, 0.717) is 38.5 Å². The van der Waals surface area contributed by atoms with E-state index < -0.39 is 11.8 Å². The first-order chi connectivity index (χ1) is 18.7. The van der Waals surface area contributed by atoms with Crippen LogP contribution in [0.3, 0.4) is 0 Å². The topological polar surface area (TPSA) is 74.7 Å². The number of carbonyl (C=O) groups excluding carboxylic acids is 1. The highest BCUT2D eigenvalue weighted by atomic mass is 16.5. The molecule has 1 N–H and O–H groups in total. The molecule has 2 aromatic carbocycles. The van der Waals surface area contributed by atoms with Crippen molar-refractivity contribution in [3.05, 3.63) is 69.9 Å². The van der Waals surface area contributed by atoms with Crippen LogP contribution < -0.4 is 9.47 Å². The van der Waals surface area contributed by atoms with E-state index in [1.807, 2.05) is 21.9 Å². The maximum Gasteiger partial charge on any atom is 0.325 e. The van der Waals surface area contributed by atoms with E-state index in [9.17, 15) is 9.90 Å². The Balaban J connectivity index is 1.49. The van der Waals surface area contributed by atoms with Crippen LogP contribution >= 0.6 is 0 Å². The number of methoxy groups -OCH3 is 3. The summed E-state index contributed by atoms with van der Waals surface area (Å²) < 4.78 is 16.7. The molecule has 3 heterocycles. The highest BCUT2D eigenvalue weighted by Gasteiger charge is 2.55. The molecule has 0 saturated carbocycles. The third-order valence-electron chi connectivity index (χ3n) is 8.63. The summed E-state index contributed by atoms with van der Waals surface area (Å²) in [5.74, 6) is 1.54. The summed E-state index contributed by atoms with van der Waals surface area (Å²) in [6.07, 6.45) is 3.04. The Hall–Kier alpha value is -3.07. The number of ether oxygens (including phenoxy) is 3. The summed E-state index contributed by atoms with van der Waals surface area (Å²) in [6.45, 7) is 9.08. The van der Waals surface area contributed by atoms with Crippen LogP contribution in [0.5, 0.6) is 11.5 Å². The van der Waals surface area contributed by atoms with E-state index in [0.717, 1.165) is 52.1 Å². The third kappa shape index (κ3) is 4.79. The van der Waals surface area contributed by atoms with Crippen molar-refractivity contribution >= 4 is 6.03 Å². The minimum absolute atomic E-state index is 0.00319. The summed E-state index contributed by atoms with van der Waals surface area (Å²) in [7, 11) is 5.00. The predicted octanol–water partition coefficient (Wildman–Crippen LogP) is 4.73. The third-order valence-corrected chi connectivity index (χ3v) is 8.63. The van der Waals surface area contributed by atoms with Crippen molar-refractivity contribution in [2.45, 2.75) is 57.8 Å². The quantitative estimate of drug-likeness (QED) is 0.553. The van der Waals surface area contributed by atoms with Crippen LogP contribution in [-0.2, 0) is 11.3 Å². The number of fused-ring (bicyclic) bond motifs is 3. The van der Waals surface area contributed by atoms with Gasteiger partial charge in [0.15, 0.2) is 0 Å². The zero-order valence-electron chi connectivity index (χ0n) is 24.0. The number of allylic oxidation sites excluding steroid dienone is 1. The number of aryl methyl sites for hydroxylation is 2. The van der Waals surface area contributed by atoms with Gasteiger partial charge in [-0.25, -0.2) is 4.79 Å². The Morgan fingerprint density at radius 1 is 1.03 bits per heavy atom. The summed E-state index contributed by atoms with van der Waals surface area (Å²) in [5.41, 5.74) is 5.92. The molecule has 2 amide bonds. The molecule has 2 aromatic rings. The molecule has 39 heavy (non-hydrogen) atoms. The Kier molecular flexibility index (Phi) is 7.64. The number of likely N-dealkylation sites (tertiary alicyclic amines) is 1. The van der Waals surface area contributed by atoms with Crippen LogP contribution in [0.15, 0.2) is 42.1 Å². The number of amides is 2. The van der Waals surface area contributed by atoms with E-state index in [1.165, 1.54) is 0 Å². The van der Waals surface area contributed by atoms with Gasteiger partial charge < -0.3 is 24.2 Å². The highest BCUT2D eigenvalue weighted by molar-refractivity contribution is 5.83. The van der Waals surface area contributed by atoms with Gasteiger partial charge in [0.25, 0.3) is 0 Å². The summed E-state index contributed by atoms with van der Waals surface area (Å²) in [5, 5.41) is 11.3. The van der Waals surface area contributed by atoms with Crippen LogP contribution in [0.4, 0.5) is 4.79 Å². The van der Waals surface area contributed by atoms with Crippen LogP contribution in [-0.4, -0.2) is 78.9 Å². The van der Waals surface area contributed by atoms with E-state index in [4.69, 9.17) is 14.2 Å². The molecule has 2 saturated heterocycles. The van der Waals surface area contributed by atoms with Gasteiger partial charge in [0, 0.05) is 50.0 Å². The largest absolute Gasteiger partial charge is 0.497 e. The minimum atomic E-state index is -0.676. The number of urea groups is 1. The zero-order valence-corrected chi connectivity index (χ0v) is 24.0. The minimum Gasteiger partial charge on any atom is -0.497 e. The zero-order chi connectivity index (χ0) is 27.9. The van der Waals surface area contributed by atoms with Gasteiger partial charge in [0.1, 0.15) is 17.7 Å². The molecular formula is C31H41N3O5. The maximum absolute atomic E-state index is 14.0. The smallest absolute Gasteiger partial charge is 0.325 e. The van der Waals surface area contributed by atoms with Crippen molar-refractivity contribution in [1.82, 2.24) is 14.7 Å². The van der Waals surface area contributed by atoms with Gasteiger partial charge in [0.05, 0.1) is 32.9 Å². The molecule has 5 rings (SSSR count). The molecule has 2 atom stereocenters. The number of aliphatic hydroxyl groups is 1. The van der Waals surface area contributed by atoms with E-state index >= 15 is 0 Å². The highest BCUT2D eigenvalue weighted by Crippen LogP contribution is 2.49. The lowest BCUT2D eigenvalue weighted by Crippen LogP contribution is -2.55. The van der Waals surface area contributed by atoms with Crippen molar-refractivity contribution in [2.75, 3.05) is 47.6 Å². The molecule has 3 aliphatic heterocycles. The fourth-order valence-corrected chi connectivity index (χ4v) is 6.83. The fraction of sp³-hybridized carbons (Fsp3) is 0.516. The summed E-state index contributed by atoms with van der Waals surface area (Å²) in [6, 6.07) is 10.2. The second-order valence-corrected chi connectivity index (χ2v) is 11.1. The van der Waals surface area contributed by atoms with Crippen LogP contribution in [0, 0.1) is 13.8 Å². The van der Waals surface area contributed by atoms with Gasteiger partial charge in [-0.2, -0.15) is 0 Å². The molecule has 2 fully saturated rings. The fourth-order valence-electron chi connectivity index (χ4n) is 6.83. The van der Waals surface area contributed by atoms with Crippen molar-refractivity contribution in [3.8, 4) is 11.5 Å². The van der Waals surface area contributed by atoms with E-state index in [2.05, 4.69) is 49.9 Å². The molecular weight excluding hydrogens is 494 g/mol. The summed E-state index contributed by atoms with van der Waals surface area (Å²) in [4.78, 5) is 20.1. The standard InChI is InChI=1S/C31H41N3O5/c1-20-13-21(2)15-23(14-20)29(35)32-9-7-31(8-10-32)27-16-22(3)28-24(17-25(38-5)18-26(28)39-6)19-33(27)30(36)34(31)11-12-37-4/h13-18,22,29,35H,7-12,19H2,1-6H3/t22-,29?/m0/s1. The lowest BCUT2D eigenvalue weighted by atomic mass is 9.81. The van der Waals surface area contributed by atoms with E-state index in [-0.39, 0.29) is 11.9 Å². The second kappa shape index (κ2) is 10.8. The summed E-state index contributed by atoms with van der Waals surface area (Å²) >= 11 is 0. The van der Waals surface area contributed by atoms with Gasteiger partial charge >= 0.3 is 6.03 Å². The van der Waals surface area contributed by atoms with Crippen molar-refractivity contribution < 1.29 is 24.1 Å². The molecule has 3 aliphatic rings. The van der Waals surface area contributed by atoms with Crippen LogP contribution in [0.1, 0.15) is 59.7 Å². The Labute approximate surface area is 231 Å². The van der Waals surface area contributed by atoms with Gasteiger partial charge in [-0.3, -0.25) is 9.80 Å². The molecule has 0 bridgehead atoms. The van der Waals surface area contributed by atoms with Gasteiger partial charge in [-0.1, -0.05) is 42.3 Å². The number of hydrogen-bond acceptors (Lipinski definition) is 6. The Morgan fingerprint density at radius 3 is 2.33 bits per heavy atom. The number of rotatable bonds is 7. The van der Waals surface area contributed by atoms with Gasteiger partial charge in [-0.15, -0.1) is 0 Å². The average Bonchev–Trinajstić information content (AvgIpc) is 3.02. The molecule has 1 unspecified atom stereocenters. The second-order valence-electron chi connectivity index (χ2n) is 11.1. The molecule has 0 aromatic heterocycles. The first-order valence-corrected chi connectivity index (χ1v) is 13.8. The van der Waals surface area contributed by atoms with Crippen molar-refractivity contribution in [2.24, 2.45) is 0 Å². The lowest BCUT2D eigenvalue weighted by molar-refractivity contribution is -0.0352. The van der Waals surface area contributed by atoms with Crippen molar-refractivity contribution in [3.63, 3.8) is 0 Å². The SMILES string of the molecule is COCCN1C(=O)N2Cc3cc(OC)cc(OC)c3[C@@H](C)C=C2C12CCN(C(O)c1cc(C)cc(C)c1)CC2. The molecule has 0 aliphatic carbocycles. The average molecular weight is 536 g/mol. The maximum atomic E-state index is 14.0.